The lowest BCUT2D eigenvalue weighted by Crippen LogP contribution is -2.25. The maximum absolute atomic E-state index is 13.3. The summed E-state index contributed by atoms with van der Waals surface area (Å²) in [7, 11) is -4.05. The van der Waals surface area contributed by atoms with E-state index in [1.54, 1.807) is 6.92 Å². The predicted molar refractivity (Wildman–Crippen MR) is 96.2 cm³/mol. The third-order valence-electron chi connectivity index (χ3n) is 4.64. The van der Waals surface area contributed by atoms with E-state index in [9.17, 15) is 22.9 Å². The molecule has 0 heterocycles. The number of carbonyl (C=O) groups is 1. The number of sulfone groups is 1. The zero-order valence-electron chi connectivity index (χ0n) is 14.2. The highest BCUT2D eigenvalue weighted by atomic mass is 35.5. The van der Waals surface area contributed by atoms with Gasteiger partial charge in [-0.15, -0.1) is 0 Å². The van der Waals surface area contributed by atoms with E-state index >= 15 is 0 Å². The number of halogens is 2. The number of nitriles is 1. The summed E-state index contributed by atoms with van der Waals surface area (Å²) < 4.78 is 44.6. The predicted octanol–water partition coefficient (Wildman–Crippen LogP) is 3.49. The van der Waals surface area contributed by atoms with E-state index in [2.05, 4.69) is 0 Å². The maximum Gasteiger partial charge on any atom is 0.328 e. The van der Waals surface area contributed by atoms with E-state index in [4.69, 9.17) is 16.3 Å². The number of ether oxygens (including phenoxy) is 1. The molecule has 0 N–H and O–H groups in total. The second-order valence-corrected chi connectivity index (χ2v) is 8.66. The molecule has 3 rings (SSSR count). The molecule has 27 heavy (non-hydrogen) atoms. The summed E-state index contributed by atoms with van der Waals surface area (Å²) in [6.45, 7) is 1.58. The first-order valence-corrected chi connectivity index (χ1v) is 10.0. The minimum Gasteiger partial charge on any atom is -0.465 e. The molecule has 0 radical (unpaired) electrons. The van der Waals surface area contributed by atoms with Crippen LogP contribution in [0.2, 0.25) is 5.02 Å². The standard InChI is InChI=1S/C19H15ClFNO4S/c1-2-26-18(23)19(11-22)16(12-3-7-14(21)8-4-12)17(19)27(24,25)15-9-5-13(20)6-10-15/h3-10,16-17H,2H2,1H3/t16-,17-,19-/m1/s1. The van der Waals surface area contributed by atoms with Gasteiger partial charge in [0, 0.05) is 10.9 Å². The van der Waals surface area contributed by atoms with Gasteiger partial charge in [0.25, 0.3) is 0 Å². The summed E-state index contributed by atoms with van der Waals surface area (Å²) in [6, 6.07) is 12.4. The van der Waals surface area contributed by atoms with Gasteiger partial charge >= 0.3 is 5.97 Å². The maximum atomic E-state index is 13.3. The fraction of sp³-hybridized carbons (Fsp3) is 0.263. The molecule has 0 aliphatic heterocycles. The number of hydrogen-bond donors (Lipinski definition) is 0. The Balaban J connectivity index is 2.12. The second kappa shape index (κ2) is 6.95. The first kappa shape index (κ1) is 19.3. The fourth-order valence-corrected chi connectivity index (χ4v) is 5.70. The topological polar surface area (TPSA) is 84.2 Å². The zero-order valence-corrected chi connectivity index (χ0v) is 15.8. The SMILES string of the molecule is CCOC(=O)[C@]1(C#N)[C@H](c2ccc(F)cc2)[C@H]1S(=O)(=O)c1ccc(Cl)cc1. The average molecular weight is 408 g/mol. The summed E-state index contributed by atoms with van der Waals surface area (Å²) in [5, 5.41) is 8.78. The Labute approximate surface area is 161 Å². The zero-order chi connectivity index (χ0) is 19.8. The first-order chi connectivity index (χ1) is 12.8. The van der Waals surface area contributed by atoms with Crippen LogP contribution in [-0.4, -0.2) is 26.2 Å². The molecule has 0 unspecified atom stereocenters. The van der Waals surface area contributed by atoms with Gasteiger partial charge in [0.1, 0.15) is 11.1 Å². The first-order valence-electron chi connectivity index (χ1n) is 8.12. The fourth-order valence-electron chi connectivity index (χ4n) is 3.33. The Morgan fingerprint density at radius 3 is 2.33 bits per heavy atom. The van der Waals surface area contributed by atoms with Crippen LogP contribution in [0.15, 0.2) is 53.4 Å². The highest BCUT2D eigenvalue weighted by Crippen LogP contribution is 2.64. The van der Waals surface area contributed by atoms with E-state index in [1.807, 2.05) is 6.07 Å². The lowest BCUT2D eigenvalue weighted by molar-refractivity contribution is -0.147. The van der Waals surface area contributed by atoms with Gasteiger partial charge in [0.2, 0.25) is 0 Å². The summed E-state index contributed by atoms with van der Waals surface area (Å²) in [4.78, 5) is 12.5. The van der Waals surface area contributed by atoms with Crippen molar-refractivity contribution in [1.82, 2.24) is 0 Å². The highest BCUT2D eigenvalue weighted by molar-refractivity contribution is 7.92. The Morgan fingerprint density at radius 1 is 1.22 bits per heavy atom. The highest BCUT2D eigenvalue weighted by Gasteiger charge is 2.77. The van der Waals surface area contributed by atoms with Crippen molar-refractivity contribution in [3.8, 4) is 6.07 Å². The molecule has 2 aromatic rings. The van der Waals surface area contributed by atoms with Crippen LogP contribution in [0.4, 0.5) is 4.39 Å². The number of benzene rings is 2. The van der Waals surface area contributed by atoms with E-state index in [-0.39, 0.29) is 11.5 Å². The second-order valence-electron chi connectivity index (χ2n) is 6.15. The van der Waals surface area contributed by atoms with Gasteiger partial charge in [-0.05, 0) is 48.9 Å². The molecule has 3 atom stereocenters. The van der Waals surface area contributed by atoms with E-state index in [0.29, 0.717) is 10.6 Å². The lowest BCUT2D eigenvalue weighted by Gasteiger charge is -2.09. The van der Waals surface area contributed by atoms with Gasteiger partial charge in [-0.25, -0.2) is 12.8 Å². The molecule has 1 aliphatic rings. The lowest BCUT2D eigenvalue weighted by atomic mass is 10.0. The average Bonchev–Trinajstić information content (AvgIpc) is 3.34. The molecule has 1 fully saturated rings. The molecule has 2 aromatic carbocycles. The molecule has 0 spiro atoms. The molecule has 0 aromatic heterocycles. The molecule has 5 nitrogen and oxygen atoms in total. The van der Waals surface area contributed by atoms with Crippen LogP contribution < -0.4 is 0 Å². The van der Waals surface area contributed by atoms with Crippen molar-refractivity contribution in [3.05, 3.63) is 64.9 Å². The summed E-state index contributed by atoms with van der Waals surface area (Å²) in [6.07, 6.45) is 0. The van der Waals surface area contributed by atoms with Crippen molar-refractivity contribution in [2.45, 2.75) is 23.0 Å². The van der Waals surface area contributed by atoms with Crippen molar-refractivity contribution in [3.63, 3.8) is 0 Å². The van der Waals surface area contributed by atoms with Crippen LogP contribution in [0, 0.1) is 22.6 Å². The van der Waals surface area contributed by atoms with Gasteiger partial charge in [-0.1, -0.05) is 23.7 Å². The monoisotopic (exact) mass is 407 g/mol. The van der Waals surface area contributed by atoms with E-state index < -0.39 is 38.2 Å². The molecule has 1 aliphatic carbocycles. The number of hydrogen-bond acceptors (Lipinski definition) is 5. The van der Waals surface area contributed by atoms with Crippen molar-refractivity contribution < 1.29 is 22.3 Å². The van der Waals surface area contributed by atoms with Crippen LogP contribution in [0.25, 0.3) is 0 Å². The molecule has 0 amide bonds. The van der Waals surface area contributed by atoms with Crippen molar-refractivity contribution in [2.24, 2.45) is 5.41 Å². The van der Waals surface area contributed by atoms with Crippen molar-refractivity contribution >= 4 is 27.4 Å². The molecule has 1 saturated carbocycles. The number of esters is 1. The minimum atomic E-state index is -4.05. The third kappa shape index (κ3) is 3.09. The van der Waals surface area contributed by atoms with Crippen LogP contribution in [0.3, 0.4) is 0 Å². The Kier molecular flexibility index (Phi) is 4.98. The Bertz CT molecular complexity index is 1020. The van der Waals surface area contributed by atoms with Gasteiger partial charge in [0.05, 0.1) is 17.6 Å². The molecular formula is C19H15ClFNO4S. The molecule has 0 saturated heterocycles. The summed E-state index contributed by atoms with van der Waals surface area (Å²) in [5.41, 5.74) is -1.50. The van der Waals surface area contributed by atoms with Crippen LogP contribution >= 0.6 is 11.6 Å². The van der Waals surface area contributed by atoms with Crippen molar-refractivity contribution in [2.75, 3.05) is 6.61 Å². The smallest absolute Gasteiger partial charge is 0.328 e. The quantitative estimate of drug-likeness (QED) is 0.708. The Hall–Kier alpha value is -2.43. The number of nitrogens with zero attached hydrogens (tertiary/aromatic N) is 1. The van der Waals surface area contributed by atoms with Gasteiger partial charge in [0.15, 0.2) is 15.3 Å². The van der Waals surface area contributed by atoms with Gasteiger partial charge in [-0.2, -0.15) is 5.26 Å². The molecule has 140 valence electrons. The van der Waals surface area contributed by atoms with Crippen LogP contribution in [0.5, 0.6) is 0 Å². The minimum absolute atomic E-state index is 0.00607. The summed E-state index contributed by atoms with van der Waals surface area (Å²) in [5.74, 6) is -2.36. The van der Waals surface area contributed by atoms with Gasteiger partial charge in [-0.3, -0.25) is 4.79 Å². The van der Waals surface area contributed by atoms with Crippen LogP contribution in [0.1, 0.15) is 18.4 Å². The number of rotatable bonds is 5. The normalized spacial score (nSPS) is 24.1. The van der Waals surface area contributed by atoms with Crippen molar-refractivity contribution in [1.29, 1.82) is 5.26 Å². The largest absolute Gasteiger partial charge is 0.465 e. The van der Waals surface area contributed by atoms with Gasteiger partial charge < -0.3 is 4.74 Å². The van der Waals surface area contributed by atoms with E-state index in [0.717, 1.165) is 12.1 Å². The van der Waals surface area contributed by atoms with Crippen LogP contribution in [-0.2, 0) is 19.4 Å². The molecular weight excluding hydrogens is 393 g/mol. The third-order valence-corrected chi connectivity index (χ3v) is 7.13. The Morgan fingerprint density at radius 2 is 1.81 bits per heavy atom. The number of carbonyl (C=O) groups excluding carboxylic acids is 1. The van der Waals surface area contributed by atoms with E-state index in [1.165, 1.54) is 36.4 Å². The molecule has 8 heteroatoms. The summed E-state index contributed by atoms with van der Waals surface area (Å²) >= 11 is 5.81. The molecule has 0 bridgehead atoms.